The molecule has 1 N–H and O–H groups in total. The summed E-state index contributed by atoms with van der Waals surface area (Å²) in [4.78, 5) is 25.2. The van der Waals surface area contributed by atoms with Crippen LogP contribution in [0.5, 0.6) is 0 Å². The van der Waals surface area contributed by atoms with Gasteiger partial charge < -0.3 is 10.0 Å². The van der Waals surface area contributed by atoms with E-state index < -0.39 is 12.0 Å². The third kappa shape index (κ3) is 3.72. The molecule has 1 fully saturated rings. The summed E-state index contributed by atoms with van der Waals surface area (Å²) in [5.74, 6) is -0.795. The zero-order chi connectivity index (χ0) is 13.5. The number of hydrogen-bond donors (Lipinski definition) is 1. The van der Waals surface area contributed by atoms with Crippen molar-refractivity contribution in [2.45, 2.75) is 64.8 Å². The van der Waals surface area contributed by atoms with Crippen molar-refractivity contribution >= 4 is 11.9 Å². The third-order valence-corrected chi connectivity index (χ3v) is 3.82. The summed E-state index contributed by atoms with van der Waals surface area (Å²) >= 11 is 0. The molecule has 0 spiro atoms. The summed E-state index contributed by atoms with van der Waals surface area (Å²) in [7, 11) is 0. The minimum atomic E-state index is -0.853. The van der Waals surface area contributed by atoms with Gasteiger partial charge in [0.05, 0.1) is 0 Å². The lowest BCUT2D eigenvalue weighted by Crippen LogP contribution is -2.50. The van der Waals surface area contributed by atoms with Crippen LogP contribution in [0, 0.1) is 5.92 Å². The number of unbranched alkanes of at least 4 members (excludes halogenated alkanes) is 1. The van der Waals surface area contributed by atoms with E-state index in [1.165, 1.54) is 0 Å². The number of amides is 1. The monoisotopic (exact) mass is 255 g/mol. The molecule has 1 heterocycles. The zero-order valence-corrected chi connectivity index (χ0v) is 11.5. The highest BCUT2D eigenvalue weighted by Gasteiger charge is 2.34. The highest BCUT2D eigenvalue weighted by molar-refractivity contribution is 5.85. The molecular weight excluding hydrogens is 230 g/mol. The van der Waals surface area contributed by atoms with E-state index in [4.69, 9.17) is 0 Å². The van der Waals surface area contributed by atoms with Gasteiger partial charge in [-0.25, -0.2) is 4.79 Å². The molecular formula is C14H25NO3. The standard InChI is InChI=1S/C14H25NO3/c1-3-5-8-11(4-2)13(16)15-10-7-6-9-12(15)14(17)18/h11-12H,3-10H2,1-2H3,(H,17,18)/t11?,12-/m1/s1. The van der Waals surface area contributed by atoms with Crippen LogP contribution >= 0.6 is 0 Å². The van der Waals surface area contributed by atoms with Crippen LogP contribution in [0.15, 0.2) is 0 Å². The number of hydrogen-bond acceptors (Lipinski definition) is 2. The third-order valence-electron chi connectivity index (χ3n) is 3.82. The predicted molar refractivity (Wildman–Crippen MR) is 70.3 cm³/mol. The number of nitrogens with zero attached hydrogens (tertiary/aromatic N) is 1. The SMILES string of the molecule is CCCCC(CC)C(=O)N1CCCC[C@@H]1C(=O)O. The van der Waals surface area contributed by atoms with E-state index in [1.807, 2.05) is 6.92 Å². The van der Waals surface area contributed by atoms with Crippen LogP contribution in [0.2, 0.25) is 0 Å². The molecule has 0 aromatic carbocycles. The van der Waals surface area contributed by atoms with Crippen LogP contribution in [0.4, 0.5) is 0 Å². The fraction of sp³-hybridized carbons (Fsp3) is 0.857. The molecule has 2 atom stereocenters. The van der Waals surface area contributed by atoms with Gasteiger partial charge in [0.15, 0.2) is 0 Å². The predicted octanol–water partition coefficient (Wildman–Crippen LogP) is 2.67. The van der Waals surface area contributed by atoms with Crippen LogP contribution in [-0.4, -0.2) is 34.5 Å². The van der Waals surface area contributed by atoms with Crippen molar-refractivity contribution in [1.82, 2.24) is 4.90 Å². The summed E-state index contributed by atoms with van der Waals surface area (Å²) in [6.07, 6.45) is 6.25. The Morgan fingerprint density at radius 3 is 2.61 bits per heavy atom. The summed E-state index contributed by atoms with van der Waals surface area (Å²) in [6, 6.07) is -0.595. The smallest absolute Gasteiger partial charge is 0.326 e. The van der Waals surface area contributed by atoms with Crippen molar-refractivity contribution in [2.24, 2.45) is 5.92 Å². The number of carboxylic acid groups (broad SMARTS) is 1. The second-order valence-corrected chi connectivity index (χ2v) is 5.13. The van der Waals surface area contributed by atoms with Crippen LogP contribution in [-0.2, 0) is 9.59 Å². The lowest BCUT2D eigenvalue weighted by molar-refractivity contribution is -0.154. The molecule has 1 rings (SSSR count). The first-order valence-electron chi connectivity index (χ1n) is 7.15. The number of likely N-dealkylation sites (tertiary alicyclic amines) is 1. The van der Waals surface area contributed by atoms with Gasteiger partial charge in [-0.05, 0) is 32.1 Å². The van der Waals surface area contributed by atoms with Crippen molar-refractivity contribution in [3.8, 4) is 0 Å². The van der Waals surface area contributed by atoms with Crippen molar-refractivity contribution < 1.29 is 14.7 Å². The fourth-order valence-corrected chi connectivity index (χ4v) is 2.64. The molecule has 104 valence electrons. The first kappa shape index (κ1) is 15.0. The molecule has 0 bridgehead atoms. The second kappa shape index (κ2) is 7.39. The number of rotatable bonds is 6. The minimum absolute atomic E-state index is 0.00454. The average molecular weight is 255 g/mol. The number of piperidine rings is 1. The Morgan fingerprint density at radius 2 is 2.06 bits per heavy atom. The zero-order valence-electron chi connectivity index (χ0n) is 11.5. The summed E-state index contributed by atoms with van der Waals surface area (Å²) < 4.78 is 0. The van der Waals surface area contributed by atoms with Crippen molar-refractivity contribution in [3.63, 3.8) is 0 Å². The van der Waals surface area contributed by atoms with E-state index in [1.54, 1.807) is 4.90 Å². The molecule has 1 saturated heterocycles. The van der Waals surface area contributed by atoms with Crippen molar-refractivity contribution in [3.05, 3.63) is 0 Å². The maximum absolute atomic E-state index is 12.4. The van der Waals surface area contributed by atoms with Crippen LogP contribution in [0.1, 0.15) is 58.8 Å². The maximum Gasteiger partial charge on any atom is 0.326 e. The van der Waals surface area contributed by atoms with Crippen LogP contribution < -0.4 is 0 Å². The Hall–Kier alpha value is -1.06. The fourth-order valence-electron chi connectivity index (χ4n) is 2.64. The molecule has 1 aliphatic rings. The van der Waals surface area contributed by atoms with Crippen molar-refractivity contribution in [1.29, 1.82) is 0 Å². The van der Waals surface area contributed by atoms with Gasteiger partial charge in [0, 0.05) is 12.5 Å². The molecule has 1 unspecified atom stereocenters. The van der Waals surface area contributed by atoms with Crippen LogP contribution in [0.3, 0.4) is 0 Å². The Morgan fingerprint density at radius 1 is 1.33 bits per heavy atom. The first-order valence-corrected chi connectivity index (χ1v) is 7.15. The Labute approximate surface area is 109 Å². The van der Waals surface area contributed by atoms with Gasteiger partial charge in [0.2, 0.25) is 5.91 Å². The van der Waals surface area contributed by atoms with E-state index in [0.717, 1.165) is 38.5 Å². The summed E-state index contributed by atoms with van der Waals surface area (Å²) in [6.45, 7) is 4.73. The number of carboxylic acids is 1. The molecule has 1 amide bonds. The molecule has 0 aliphatic carbocycles. The van der Waals surface area contributed by atoms with Crippen molar-refractivity contribution in [2.75, 3.05) is 6.54 Å². The van der Waals surface area contributed by atoms with E-state index >= 15 is 0 Å². The average Bonchev–Trinajstić information content (AvgIpc) is 2.39. The van der Waals surface area contributed by atoms with Gasteiger partial charge in [-0.2, -0.15) is 0 Å². The molecule has 18 heavy (non-hydrogen) atoms. The highest BCUT2D eigenvalue weighted by Crippen LogP contribution is 2.23. The summed E-state index contributed by atoms with van der Waals surface area (Å²) in [5.41, 5.74) is 0. The van der Waals surface area contributed by atoms with E-state index in [-0.39, 0.29) is 11.8 Å². The first-order chi connectivity index (χ1) is 8.61. The van der Waals surface area contributed by atoms with Gasteiger partial charge in [0.1, 0.15) is 6.04 Å². The molecule has 1 aliphatic heterocycles. The van der Waals surface area contributed by atoms with E-state index in [9.17, 15) is 14.7 Å². The molecule has 0 radical (unpaired) electrons. The van der Waals surface area contributed by atoms with Gasteiger partial charge in [0.25, 0.3) is 0 Å². The molecule has 0 aromatic rings. The lowest BCUT2D eigenvalue weighted by atomic mass is 9.94. The van der Waals surface area contributed by atoms with Gasteiger partial charge in [-0.15, -0.1) is 0 Å². The number of carbonyl (C=O) groups excluding carboxylic acids is 1. The number of carbonyl (C=O) groups is 2. The highest BCUT2D eigenvalue weighted by atomic mass is 16.4. The van der Waals surface area contributed by atoms with Gasteiger partial charge in [-0.3, -0.25) is 4.79 Å². The topological polar surface area (TPSA) is 57.6 Å². The normalized spacial score (nSPS) is 21.7. The number of aliphatic carboxylic acids is 1. The maximum atomic E-state index is 12.4. The molecule has 4 heteroatoms. The minimum Gasteiger partial charge on any atom is -0.480 e. The second-order valence-electron chi connectivity index (χ2n) is 5.13. The van der Waals surface area contributed by atoms with E-state index in [0.29, 0.717) is 13.0 Å². The van der Waals surface area contributed by atoms with Gasteiger partial charge >= 0.3 is 5.97 Å². The lowest BCUT2D eigenvalue weighted by Gasteiger charge is -2.35. The molecule has 4 nitrogen and oxygen atoms in total. The van der Waals surface area contributed by atoms with Gasteiger partial charge in [-0.1, -0.05) is 26.7 Å². The van der Waals surface area contributed by atoms with E-state index in [2.05, 4.69) is 6.92 Å². The van der Waals surface area contributed by atoms with Crippen LogP contribution in [0.25, 0.3) is 0 Å². The quantitative estimate of drug-likeness (QED) is 0.793. The Balaban J connectivity index is 2.68. The molecule has 0 saturated carbocycles. The summed E-state index contributed by atoms with van der Waals surface area (Å²) in [5, 5.41) is 9.19. The molecule has 0 aromatic heterocycles. The Bertz CT molecular complexity index is 291. The largest absolute Gasteiger partial charge is 0.480 e. The Kier molecular flexibility index (Phi) is 6.16.